The van der Waals surface area contributed by atoms with Crippen LogP contribution in [0.15, 0.2) is 22.8 Å². The van der Waals surface area contributed by atoms with Crippen molar-refractivity contribution in [2.45, 2.75) is 25.8 Å². The number of piperidine rings is 1. The van der Waals surface area contributed by atoms with E-state index >= 15 is 0 Å². The van der Waals surface area contributed by atoms with Crippen molar-refractivity contribution in [2.75, 3.05) is 19.6 Å². The summed E-state index contributed by atoms with van der Waals surface area (Å²) in [5, 5.41) is 3.42. The minimum Gasteiger partial charge on any atom is -0.459 e. The van der Waals surface area contributed by atoms with Crippen LogP contribution in [0.5, 0.6) is 0 Å². The second-order valence-electron chi connectivity index (χ2n) is 4.10. The third-order valence-electron chi connectivity index (χ3n) is 3.01. The van der Waals surface area contributed by atoms with Crippen LogP contribution in [-0.4, -0.2) is 36.5 Å². The molecular weight excluding hydrogens is 204 g/mol. The first kappa shape index (κ1) is 11.2. The molecule has 1 fully saturated rings. The van der Waals surface area contributed by atoms with Gasteiger partial charge in [0.2, 0.25) is 0 Å². The van der Waals surface area contributed by atoms with Gasteiger partial charge in [-0.05, 0) is 31.5 Å². The molecule has 1 aromatic heterocycles. The quantitative estimate of drug-likeness (QED) is 0.842. The number of amides is 1. The number of carbonyl (C=O) groups is 1. The number of hydrogen-bond donors (Lipinski definition) is 1. The van der Waals surface area contributed by atoms with E-state index in [9.17, 15) is 4.79 Å². The topological polar surface area (TPSA) is 45.5 Å². The van der Waals surface area contributed by atoms with Gasteiger partial charge in [-0.15, -0.1) is 0 Å². The fourth-order valence-electron chi connectivity index (χ4n) is 2.13. The van der Waals surface area contributed by atoms with Crippen LogP contribution in [0.2, 0.25) is 0 Å². The van der Waals surface area contributed by atoms with Gasteiger partial charge in [-0.2, -0.15) is 0 Å². The van der Waals surface area contributed by atoms with Crippen molar-refractivity contribution in [1.82, 2.24) is 10.2 Å². The van der Waals surface area contributed by atoms with Gasteiger partial charge in [0.25, 0.3) is 5.91 Å². The Labute approximate surface area is 95.6 Å². The average Bonchev–Trinajstić information content (AvgIpc) is 2.83. The van der Waals surface area contributed by atoms with Gasteiger partial charge in [-0.1, -0.05) is 6.92 Å². The van der Waals surface area contributed by atoms with Crippen LogP contribution in [-0.2, 0) is 0 Å². The highest BCUT2D eigenvalue weighted by Gasteiger charge is 2.24. The number of carbonyl (C=O) groups excluding carboxylic acids is 1. The van der Waals surface area contributed by atoms with E-state index in [1.54, 1.807) is 18.4 Å². The van der Waals surface area contributed by atoms with Crippen molar-refractivity contribution >= 4 is 5.91 Å². The summed E-state index contributed by atoms with van der Waals surface area (Å²) >= 11 is 0. The Morgan fingerprint density at radius 3 is 2.88 bits per heavy atom. The number of likely N-dealkylation sites (tertiary alicyclic amines) is 1. The van der Waals surface area contributed by atoms with Gasteiger partial charge in [-0.25, -0.2) is 0 Å². The number of nitrogens with zero attached hydrogens (tertiary/aromatic N) is 1. The molecule has 1 aromatic rings. The van der Waals surface area contributed by atoms with Crippen molar-refractivity contribution in [2.24, 2.45) is 0 Å². The lowest BCUT2D eigenvalue weighted by molar-refractivity contribution is 0.0674. The fourth-order valence-corrected chi connectivity index (χ4v) is 2.13. The molecule has 1 saturated heterocycles. The molecule has 1 aliphatic heterocycles. The summed E-state index contributed by atoms with van der Waals surface area (Å²) < 4.78 is 5.12. The zero-order valence-corrected chi connectivity index (χ0v) is 9.61. The largest absolute Gasteiger partial charge is 0.459 e. The monoisotopic (exact) mass is 222 g/mol. The van der Waals surface area contributed by atoms with E-state index < -0.39 is 0 Å². The van der Waals surface area contributed by atoms with E-state index in [1.807, 2.05) is 4.90 Å². The Hall–Kier alpha value is -1.29. The van der Waals surface area contributed by atoms with Crippen molar-refractivity contribution < 1.29 is 9.21 Å². The van der Waals surface area contributed by atoms with Crippen LogP contribution in [0.4, 0.5) is 0 Å². The Balaban J connectivity index is 1.87. The van der Waals surface area contributed by atoms with Crippen molar-refractivity contribution in [1.29, 1.82) is 0 Å². The SMILES string of the molecule is CCNC1CCN(C(=O)c2ccco2)CC1. The van der Waals surface area contributed by atoms with Gasteiger partial charge in [0.05, 0.1) is 6.26 Å². The molecule has 0 atom stereocenters. The molecule has 2 rings (SSSR count). The Kier molecular flexibility index (Phi) is 3.62. The van der Waals surface area contributed by atoms with Crippen LogP contribution in [0.3, 0.4) is 0 Å². The molecule has 0 unspecified atom stereocenters. The summed E-state index contributed by atoms with van der Waals surface area (Å²) in [6, 6.07) is 4.03. The van der Waals surface area contributed by atoms with Gasteiger partial charge in [0, 0.05) is 19.1 Å². The van der Waals surface area contributed by atoms with E-state index in [4.69, 9.17) is 4.42 Å². The minimum atomic E-state index is 0.0138. The summed E-state index contributed by atoms with van der Waals surface area (Å²) in [5.74, 6) is 0.460. The van der Waals surface area contributed by atoms with E-state index in [0.717, 1.165) is 32.5 Å². The third kappa shape index (κ3) is 2.44. The number of nitrogens with one attached hydrogen (secondary N) is 1. The van der Waals surface area contributed by atoms with Crippen LogP contribution >= 0.6 is 0 Å². The fraction of sp³-hybridized carbons (Fsp3) is 0.583. The molecule has 1 N–H and O–H groups in total. The lowest BCUT2D eigenvalue weighted by Gasteiger charge is -2.31. The summed E-state index contributed by atoms with van der Waals surface area (Å²) in [7, 11) is 0. The molecule has 4 nitrogen and oxygen atoms in total. The van der Waals surface area contributed by atoms with Crippen LogP contribution in [0.1, 0.15) is 30.3 Å². The van der Waals surface area contributed by atoms with E-state index in [2.05, 4.69) is 12.2 Å². The van der Waals surface area contributed by atoms with Crippen LogP contribution in [0.25, 0.3) is 0 Å². The lowest BCUT2D eigenvalue weighted by Crippen LogP contribution is -2.44. The standard InChI is InChI=1S/C12H18N2O2/c1-2-13-10-5-7-14(8-6-10)12(15)11-4-3-9-16-11/h3-4,9-10,13H,2,5-8H2,1H3. The molecule has 0 spiro atoms. The average molecular weight is 222 g/mol. The zero-order chi connectivity index (χ0) is 11.4. The second-order valence-corrected chi connectivity index (χ2v) is 4.10. The molecule has 0 aliphatic carbocycles. The molecule has 2 heterocycles. The molecule has 0 bridgehead atoms. The highest BCUT2D eigenvalue weighted by atomic mass is 16.3. The molecule has 0 radical (unpaired) electrons. The summed E-state index contributed by atoms with van der Waals surface area (Å²) in [6.07, 6.45) is 3.60. The molecule has 4 heteroatoms. The maximum atomic E-state index is 11.9. The molecule has 0 aromatic carbocycles. The molecule has 1 amide bonds. The molecule has 1 aliphatic rings. The number of rotatable bonds is 3. The number of furan rings is 1. The Morgan fingerprint density at radius 2 is 2.31 bits per heavy atom. The lowest BCUT2D eigenvalue weighted by atomic mass is 10.0. The smallest absolute Gasteiger partial charge is 0.289 e. The maximum Gasteiger partial charge on any atom is 0.289 e. The van der Waals surface area contributed by atoms with Crippen molar-refractivity contribution in [3.8, 4) is 0 Å². The van der Waals surface area contributed by atoms with Gasteiger partial charge in [0.1, 0.15) is 0 Å². The molecular formula is C12H18N2O2. The van der Waals surface area contributed by atoms with Gasteiger partial charge in [-0.3, -0.25) is 4.79 Å². The Bertz CT molecular complexity index is 327. The summed E-state index contributed by atoms with van der Waals surface area (Å²) in [6.45, 7) is 4.74. The van der Waals surface area contributed by atoms with E-state index in [0.29, 0.717) is 11.8 Å². The highest BCUT2D eigenvalue weighted by molar-refractivity contribution is 5.91. The highest BCUT2D eigenvalue weighted by Crippen LogP contribution is 2.14. The summed E-state index contributed by atoms with van der Waals surface area (Å²) in [4.78, 5) is 13.8. The minimum absolute atomic E-state index is 0.0138. The molecule has 0 saturated carbocycles. The first-order valence-electron chi connectivity index (χ1n) is 5.87. The summed E-state index contributed by atoms with van der Waals surface area (Å²) in [5.41, 5.74) is 0. The predicted molar refractivity (Wildman–Crippen MR) is 61.3 cm³/mol. The van der Waals surface area contributed by atoms with Crippen molar-refractivity contribution in [3.63, 3.8) is 0 Å². The van der Waals surface area contributed by atoms with Crippen LogP contribution < -0.4 is 5.32 Å². The van der Waals surface area contributed by atoms with Gasteiger partial charge in [0.15, 0.2) is 5.76 Å². The Morgan fingerprint density at radius 1 is 1.56 bits per heavy atom. The van der Waals surface area contributed by atoms with Crippen LogP contribution in [0, 0.1) is 0 Å². The third-order valence-corrected chi connectivity index (χ3v) is 3.01. The first-order chi connectivity index (χ1) is 7.81. The van der Waals surface area contributed by atoms with E-state index in [-0.39, 0.29) is 5.91 Å². The first-order valence-corrected chi connectivity index (χ1v) is 5.87. The second kappa shape index (κ2) is 5.16. The molecule has 16 heavy (non-hydrogen) atoms. The van der Waals surface area contributed by atoms with Gasteiger partial charge >= 0.3 is 0 Å². The predicted octanol–water partition coefficient (Wildman–Crippen LogP) is 1.49. The van der Waals surface area contributed by atoms with Crippen molar-refractivity contribution in [3.05, 3.63) is 24.2 Å². The van der Waals surface area contributed by atoms with E-state index in [1.165, 1.54) is 0 Å². The number of hydrogen-bond acceptors (Lipinski definition) is 3. The normalized spacial score (nSPS) is 17.7. The molecule has 88 valence electrons. The van der Waals surface area contributed by atoms with Gasteiger partial charge < -0.3 is 14.6 Å². The zero-order valence-electron chi connectivity index (χ0n) is 9.61. The maximum absolute atomic E-state index is 11.9.